The van der Waals surface area contributed by atoms with Crippen LogP contribution in [0.15, 0.2) is 6.20 Å². The lowest BCUT2D eigenvalue weighted by molar-refractivity contribution is 0.202. The number of hydrogen-bond donors (Lipinski definition) is 3. The lowest BCUT2D eigenvalue weighted by Crippen LogP contribution is -2.43. The van der Waals surface area contributed by atoms with Gasteiger partial charge in [0.15, 0.2) is 5.13 Å². The summed E-state index contributed by atoms with van der Waals surface area (Å²) in [4.78, 5) is 17.2. The van der Waals surface area contributed by atoms with E-state index in [0.717, 1.165) is 17.7 Å². The molecule has 2 rings (SSSR count). The molecule has 1 saturated carbocycles. The Bertz CT molecular complexity index is 430. The molecule has 0 bridgehead atoms. The van der Waals surface area contributed by atoms with Gasteiger partial charge in [-0.25, -0.2) is 9.78 Å². The Morgan fingerprint density at radius 2 is 2.25 bits per heavy atom. The third-order valence-electron chi connectivity index (χ3n) is 3.82. The van der Waals surface area contributed by atoms with Crippen molar-refractivity contribution in [2.75, 3.05) is 11.9 Å². The third-order valence-corrected chi connectivity index (χ3v) is 4.65. The van der Waals surface area contributed by atoms with Crippen LogP contribution in [0.4, 0.5) is 9.93 Å². The van der Waals surface area contributed by atoms with Crippen LogP contribution < -0.4 is 10.6 Å². The number of rotatable bonds is 5. The monoisotopic (exact) mass is 297 g/mol. The van der Waals surface area contributed by atoms with Crippen molar-refractivity contribution in [3.63, 3.8) is 0 Å². The highest BCUT2D eigenvalue weighted by Gasteiger charge is 2.24. The van der Waals surface area contributed by atoms with Gasteiger partial charge in [-0.05, 0) is 32.1 Å². The van der Waals surface area contributed by atoms with Crippen LogP contribution in [-0.2, 0) is 0 Å². The molecule has 0 aliphatic heterocycles. The molecule has 1 aromatic heterocycles. The number of aliphatic hydroxyl groups is 1. The van der Waals surface area contributed by atoms with Crippen LogP contribution >= 0.6 is 11.3 Å². The van der Waals surface area contributed by atoms with Gasteiger partial charge in [0, 0.05) is 23.7 Å². The summed E-state index contributed by atoms with van der Waals surface area (Å²) in [5.41, 5.74) is 0. The molecule has 20 heavy (non-hydrogen) atoms. The molecule has 0 aromatic carbocycles. The Morgan fingerprint density at radius 1 is 1.50 bits per heavy atom. The summed E-state index contributed by atoms with van der Waals surface area (Å²) in [6.07, 6.45) is 8.38. The van der Waals surface area contributed by atoms with E-state index >= 15 is 0 Å². The predicted octanol–water partition coefficient (Wildman–Crippen LogP) is 2.90. The zero-order valence-corrected chi connectivity index (χ0v) is 12.7. The second-order valence-electron chi connectivity index (χ2n) is 5.39. The molecule has 1 atom stereocenters. The van der Waals surface area contributed by atoms with Gasteiger partial charge in [0.05, 0.1) is 0 Å². The third kappa shape index (κ3) is 4.45. The first-order chi connectivity index (χ1) is 9.69. The molecule has 1 unspecified atom stereocenters. The molecule has 0 spiro atoms. The molecule has 6 heteroatoms. The number of nitrogens with one attached hydrogen (secondary N) is 2. The van der Waals surface area contributed by atoms with Crippen molar-refractivity contribution in [1.82, 2.24) is 10.3 Å². The van der Waals surface area contributed by atoms with E-state index in [9.17, 15) is 9.90 Å². The van der Waals surface area contributed by atoms with Gasteiger partial charge in [-0.15, -0.1) is 11.3 Å². The van der Waals surface area contributed by atoms with Crippen molar-refractivity contribution in [2.24, 2.45) is 5.92 Å². The number of aryl methyl sites for hydroxylation is 1. The minimum Gasteiger partial charge on any atom is -0.396 e. The Balaban J connectivity index is 1.87. The van der Waals surface area contributed by atoms with Crippen LogP contribution in [0.3, 0.4) is 0 Å². The van der Waals surface area contributed by atoms with Gasteiger partial charge >= 0.3 is 6.03 Å². The summed E-state index contributed by atoms with van der Waals surface area (Å²) >= 11 is 1.46. The highest BCUT2D eigenvalue weighted by molar-refractivity contribution is 7.15. The average Bonchev–Trinajstić information content (AvgIpc) is 2.84. The van der Waals surface area contributed by atoms with Gasteiger partial charge in [0.1, 0.15) is 0 Å². The fourth-order valence-electron chi connectivity index (χ4n) is 2.82. The standard InChI is InChI=1S/C14H23N3O2S/c1-10-9-15-14(20-10)17-13(19)16-12(7-8-18)11-5-3-2-4-6-11/h9,11-12,18H,2-8H2,1H3,(H2,15,16,17,19). The molecule has 1 aromatic rings. The number of carbonyl (C=O) groups is 1. The summed E-state index contributed by atoms with van der Waals surface area (Å²) in [7, 11) is 0. The molecule has 112 valence electrons. The van der Waals surface area contributed by atoms with Crippen LogP contribution in [0.2, 0.25) is 0 Å². The smallest absolute Gasteiger partial charge is 0.321 e. The maximum absolute atomic E-state index is 12.0. The van der Waals surface area contributed by atoms with Crippen LogP contribution in [0.25, 0.3) is 0 Å². The fraction of sp³-hybridized carbons (Fsp3) is 0.714. The van der Waals surface area contributed by atoms with Gasteiger partial charge < -0.3 is 10.4 Å². The number of thiazole rings is 1. The van der Waals surface area contributed by atoms with Crippen LogP contribution in [0, 0.1) is 12.8 Å². The quantitative estimate of drug-likeness (QED) is 0.782. The van der Waals surface area contributed by atoms with Crippen molar-refractivity contribution in [3.05, 3.63) is 11.1 Å². The van der Waals surface area contributed by atoms with Crippen molar-refractivity contribution in [1.29, 1.82) is 0 Å². The van der Waals surface area contributed by atoms with Gasteiger partial charge in [-0.2, -0.15) is 0 Å². The number of aromatic nitrogens is 1. The number of aliphatic hydroxyl groups excluding tert-OH is 1. The van der Waals surface area contributed by atoms with E-state index < -0.39 is 0 Å². The number of hydrogen-bond acceptors (Lipinski definition) is 4. The zero-order valence-electron chi connectivity index (χ0n) is 11.9. The molecule has 1 aliphatic carbocycles. The van der Waals surface area contributed by atoms with E-state index in [0.29, 0.717) is 17.5 Å². The normalized spacial score (nSPS) is 17.7. The number of carbonyl (C=O) groups excluding carboxylic acids is 1. The number of nitrogens with zero attached hydrogens (tertiary/aromatic N) is 1. The zero-order chi connectivity index (χ0) is 14.4. The SMILES string of the molecule is Cc1cnc(NC(=O)NC(CCO)C2CCCCC2)s1. The summed E-state index contributed by atoms with van der Waals surface area (Å²) in [6, 6.07) is -0.162. The fourth-order valence-corrected chi connectivity index (χ4v) is 3.47. The number of urea groups is 1. The van der Waals surface area contributed by atoms with E-state index in [4.69, 9.17) is 0 Å². The van der Waals surface area contributed by atoms with E-state index in [1.807, 2.05) is 6.92 Å². The molecule has 5 nitrogen and oxygen atoms in total. The lowest BCUT2D eigenvalue weighted by atomic mass is 9.83. The van der Waals surface area contributed by atoms with Crippen molar-refractivity contribution in [3.8, 4) is 0 Å². The minimum absolute atomic E-state index is 0.0568. The van der Waals surface area contributed by atoms with Crippen LogP contribution in [0.1, 0.15) is 43.4 Å². The number of amides is 2. The molecule has 0 saturated heterocycles. The molecule has 3 N–H and O–H groups in total. The second-order valence-corrected chi connectivity index (χ2v) is 6.63. The first kappa shape index (κ1) is 15.3. The second kappa shape index (κ2) is 7.59. The van der Waals surface area contributed by atoms with Crippen molar-refractivity contribution < 1.29 is 9.90 Å². The summed E-state index contributed by atoms with van der Waals surface area (Å²) < 4.78 is 0. The van der Waals surface area contributed by atoms with E-state index in [2.05, 4.69) is 15.6 Å². The first-order valence-electron chi connectivity index (χ1n) is 7.30. The Kier molecular flexibility index (Phi) is 5.79. The topological polar surface area (TPSA) is 74.2 Å². The van der Waals surface area contributed by atoms with Gasteiger partial charge in [0.2, 0.25) is 0 Å². The molecule has 0 radical (unpaired) electrons. The molecular formula is C14H23N3O2S. The molecule has 1 heterocycles. The van der Waals surface area contributed by atoms with Gasteiger partial charge in [-0.3, -0.25) is 5.32 Å². The largest absolute Gasteiger partial charge is 0.396 e. The maximum Gasteiger partial charge on any atom is 0.321 e. The minimum atomic E-state index is -0.219. The predicted molar refractivity (Wildman–Crippen MR) is 81.1 cm³/mol. The van der Waals surface area contributed by atoms with Gasteiger partial charge in [-0.1, -0.05) is 19.3 Å². The van der Waals surface area contributed by atoms with E-state index in [1.165, 1.54) is 30.6 Å². The molecule has 2 amide bonds. The first-order valence-corrected chi connectivity index (χ1v) is 8.11. The number of anilines is 1. The Hall–Kier alpha value is -1.14. The average molecular weight is 297 g/mol. The highest BCUT2D eigenvalue weighted by Crippen LogP contribution is 2.27. The molecule has 1 fully saturated rings. The molecule has 1 aliphatic rings. The van der Waals surface area contributed by atoms with Crippen LogP contribution in [0.5, 0.6) is 0 Å². The van der Waals surface area contributed by atoms with Crippen molar-refractivity contribution in [2.45, 2.75) is 51.5 Å². The molecular weight excluding hydrogens is 274 g/mol. The van der Waals surface area contributed by atoms with Crippen LogP contribution in [-0.4, -0.2) is 28.8 Å². The Labute approximate surface area is 123 Å². The van der Waals surface area contributed by atoms with Gasteiger partial charge in [0.25, 0.3) is 0 Å². The maximum atomic E-state index is 12.0. The Morgan fingerprint density at radius 3 is 2.85 bits per heavy atom. The highest BCUT2D eigenvalue weighted by atomic mass is 32.1. The lowest BCUT2D eigenvalue weighted by Gasteiger charge is -2.30. The summed E-state index contributed by atoms with van der Waals surface area (Å²) in [6.45, 7) is 2.06. The van der Waals surface area contributed by atoms with E-state index in [-0.39, 0.29) is 18.7 Å². The summed E-state index contributed by atoms with van der Waals surface area (Å²) in [5, 5.41) is 15.6. The van der Waals surface area contributed by atoms with E-state index in [1.54, 1.807) is 6.20 Å². The van der Waals surface area contributed by atoms with Crippen molar-refractivity contribution >= 4 is 22.5 Å². The summed E-state index contributed by atoms with van der Waals surface area (Å²) in [5.74, 6) is 0.486.